The third-order valence-corrected chi connectivity index (χ3v) is 4.27. The first kappa shape index (κ1) is 16.3. The van der Waals surface area contributed by atoms with E-state index in [0.29, 0.717) is 0 Å². The number of nitrogens with one attached hydrogen (secondary N) is 1. The highest BCUT2D eigenvalue weighted by Gasteiger charge is 2.18. The molecule has 0 saturated heterocycles. The van der Waals surface area contributed by atoms with E-state index in [1.54, 1.807) is 7.11 Å². The Labute approximate surface area is 129 Å². The van der Waals surface area contributed by atoms with E-state index in [4.69, 9.17) is 9.47 Å². The molecule has 21 heavy (non-hydrogen) atoms. The summed E-state index contributed by atoms with van der Waals surface area (Å²) in [5.41, 5.74) is 1.19. The lowest BCUT2D eigenvalue weighted by molar-refractivity contribution is 0.0822. The number of hydrogen-bond donors (Lipinski definition) is 1. The minimum Gasteiger partial charge on any atom is -0.496 e. The van der Waals surface area contributed by atoms with Crippen molar-refractivity contribution in [2.24, 2.45) is 5.92 Å². The topological polar surface area (TPSA) is 30.5 Å². The average Bonchev–Trinajstić information content (AvgIpc) is 3.04. The van der Waals surface area contributed by atoms with E-state index >= 15 is 0 Å². The molecule has 0 heterocycles. The van der Waals surface area contributed by atoms with E-state index in [9.17, 15) is 0 Å². The zero-order chi connectivity index (χ0) is 14.9. The minimum absolute atomic E-state index is 0.211. The van der Waals surface area contributed by atoms with Crippen molar-refractivity contribution >= 4 is 0 Å². The van der Waals surface area contributed by atoms with E-state index in [1.807, 2.05) is 12.1 Å². The lowest BCUT2D eigenvalue weighted by atomic mass is 10.1. The molecule has 1 aliphatic rings. The summed E-state index contributed by atoms with van der Waals surface area (Å²) in [6, 6.07) is 8.44. The molecule has 0 radical (unpaired) electrons. The monoisotopic (exact) mass is 291 g/mol. The molecule has 0 aliphatic heterocycles. The molecule has 1 fully saturated rings. The number of hydrogen-bond acceptors (Lipinski definition) is 3. The van der Waals surface area contributed by atoms with Crippen LogP contribution in [0.15, 0.2) is 24.3 Å². The Kier molecular flexibility index (Phi) is 7.04. The Hall–Kier alpha value is -1.06. The Bertz CT molecular complexity index is 402. The van der Waals surface area contributed by atoms with Crippen molar-refractivity contribution in [2.75, 3.05) is 26.9 Å². The molecular weight excluding hydrogens is 262 g/mol. The van der Waals surface area contributed by atoms with Crippen LogP contribution in [-0.4, -0.2) is 26.9 Å². The van der Waals surface area contributed by atoms with E-state index in [0.717, 1.165) is 37.8 Å². The lowest BCUT2D eigenvalue weighted by Crippen LogP contribution is -2.27. The van der Waals surface area contributed by atoms with Crippen molar-refractivity contribution in [1.82, 2.24) is 5.32 Å². The largest absolute Gasteiger partial charge is 0.496 e. The van der Waals surface area contributed by atoms with Gasteiger partial charge in [0.15, 0.2) is 0 Å². The quantitative estimate of drug-likeness (QED) is 0.747. The average molecular weight is 291 g/mol. The summed E-state index contributed by atoms with van der Waals surface area (Å²) in [6.07, 6.45) is 6.54. The van der Waals surface area contributed by atoms with Gasteiger partial charge in [0.2, 0.25) is 0 Å². The Balaban J connectivity index is 1.92. The van der Waals surface area contributed by atoms with Gasteiger partial charge >= 0.3 is 0 Å². The zero-order valence-electron chi connectivity index (χ0n) is 13.4. The fourth-order valence-corrected chi connectivity index (χ4v) is 3.06. The first-order valence-electron chi connectivity index (χ1n) is 8.29. The van der Waals surface area contributed by atoms with Gasteiger partial charge in [-0.2, -0.15) is 0 Å². The maximum Gasteiger partial charge on any atom is 0.123 e. The van der Waals surface area contributed by atoms with Crippen molar-refractivity contribution in [1.29, 1.82) is 0 Å². The Morgan fingerprint density at radius 3 is 2.71 bits per heavy atom. The van der Waals surface area contributed by atoms with E-state index in [2.05, 4.69) is 24.4 Å². The SMILES string of the molecule is CCCNC(COCC1CCCC1)c1ccccc1OC. The highest BCUT2D eigenvalue weighted by molar-refractivity contribution is 5.35. The van der Waals surface area contributed by atoms with E-state index in [1.165, 1.54) is 31.2 Å². The molecule has 0 amide bonds. The van der Waals surface area contributed by atoms with Crippen molar-refractivity contribution in [3.63, 3.8) is 0 Å². The summed E-state index contributed by atoms with van der Waals surface area (Å²) in [5, 5.41) is 3.58. The molecule has 118 valence electrons. The molecule has 3 nitrogen and oxygen atoms in total. The smallest absolute Gasteiger partial charge is 0.123 e. The molecule has 1 aromatic carbocycles. The van der Waals surface area contributed by atoms with Gasteiger partial charge < -0.3 is 14.8 Å². The summed E-state index contributed by atoms with van der Waals surface area (Å²) in [5.74, 6) is 1.71. The van der Waals surface area contributed by atoms with Gasteiger partial charge in [-0.3, -0.25) is 0 Å². The molecule has 1 aliphatic carbocycles. The fourth-order valence-electron chi connectivity index (χ4n) is 3.06. The third kappa shape index (κ3) is 5.01. The van der Waals surface area contributed by atoms with Crippen LogP contribution in [0.1, 0.15) is 50.6 Å². The van der Waals surface area contributed by atoms with Crippen LogP contribution in [0.2, 0.25) is 0 Å². The Morgan fingerprint density at radius 2 is 2.00 bits per heavy atom. The summed E-state index contributed by atoms with van der Waals surface area (Å²) in [4.78, 5) is 0. The standard InChI is InChI=1S/C18H29NO2/c1-3-12-19-17(14-21-13-15-8-4-5-9-15)16-10-6-7-11-18(16)20-2/h6-7,10-11,15,17,19H,3-5,8-9,12-14H2,1-2H3. The van der Waals surface area contributed by atoms with Crippen LogP contribution in [0.3, 0.4) is 0 Å². The second-order valence-corrected chi connectivity index (χ2v) is 5.94. The second kappa shape index (κ2) is 9.06. The van der Waals surface area contributed by atoms with Crippen LogP contribution in [0.25, 0.3) is 0 Å². The van der Waals surface area contributed by atoms with Crippen molar-refractivity contribution in [3.05, 3.63) is 29.8 Å². The number of benzene rings is 1. The minimum atomic E-state index is 0.211. The van der Waals surface area contributed by atoms with Gasteiger partial charge in [0.25, 0.3) is 0 Å². The van der Waals surface area contributed by atoms with Crippen LogP contribution in [0.5, 0.6) is 5.75 Å². The van der Waals surface area contributed by atoms with Crippen LogP contribution < -0.4 is 10.1 Å². The van der Waals surface area contributed by atoms with Gasteiger partial charge in [-0.05, 0) is 37.8 Å². The first-order valence-corrected chi connectivity index (χ1v) is 8.29. The summed E-state index contributed by atoms with van der Waals surface area (Å²) in [6.45, 7) is 4.80. The molecule has 0 aromatic heterocycles. The lowest BCUT2D eigenvalue weighted by Gasteiger charge is -2.22. The highest BCUT2D eigenvalue weighted by atomic mass is 16.5. The van der Waals surface area contributed by atoms with Gasteiger partial charge in [0.1, 0.15) is 5.75 Å². The van der Waals surface area contributed by atoms with Gasteiger partial charge in [-0.1, -0.05) is 38.0 Å². The van der Waals surface area contributed by atoms with Gasteiger partial charge in [0, 0.05) is 12.2 Å². The number of para-hydroxylation sites is 1. The normalized spacial score (nSPS) is 17.0. The predicted octanol–water partition coefficient (Wildman–Crippen LogP) is 3.94. The molecule has 1 saturated carbocycles. The van der Waals surface area contributed by atoms with Crippen LogP contribution in [0.4, 0.5) is 0 Å². The summed E-state index contributed by atoms with van der Waals surface area (Å²) >= 11 is 0. The van der Waals surface area contributed by atoms with Crippen LogP contribution in [0, 0.1) is 5.92 Å². The first-order chi connectivity index (χ1) is 10.3. The summed E-state index contributed by atoms with van der Waals surface area (Å²) in [7, 11) is 1.73. The van der Waals surface area contributed by atoms with E-state index in [-0.39, 0.29) is 6.04 Å². The van der Waals surface area contributed by atoms with Crippen molar-refractivity contribution in [3.8, 4) is 5.75 Å². The molecule has 1 unspecified atom stereocenters. The van der Waals surface area contributed by atoms with Crippen molar-refractivity contribution < 1.29 is 9.47 Å². The number of methoxy groups -OCH3 is 1. The van der Waals surface area contributed by atoms with Gasteiger partial charge in [-0.15, -0.1) is 0 Å². The molecule has 1 atom stereocenters. The Morgan fingerprint density at radius 1 is 1.24 bits per heavy atom. The van der Waals surface area contributed by atoms with Gasteiger partial charge in [-0.25, -0.2) is 0 Å². The zero-order valence-corrected chi connectivity index (χ0v) is 13.4. The summed E-state index contributed by atoms with van der Waals surface area (Å²) < 4.78 is 11.5. The highest BCUT2D eigenvalue weighted by Crippen LogP contribution is 2.27. The van der Waals surface area contributed by atoms with Crippen LogP contribution >= 0.6 is 0 Å². The molecule has 0 spiro atoms. The predicted molar refractivity (Wildman–Crippen MR) is 86.8 cm³/mol. The number of ether oxygens (including phenoxy) is 2. The molecule has 3 heteroatoms. The molecule has 1 N–H and O–H groups in total. The van der Waals surface area contributed by atoms with E-state index < -0.39 is 0 Å². The maximum atomic E-state index is 6.01. The van der Waals surface area contributed by atoms with Gasteiger partial charge in [0.05, 0.1) is 19.8 Å². The number of rotatable bonds is 9. The molecule has 0 bridgehead atoms. The molecule has 2 rings (SSSR count). The van der Waals surface area contributed by atoms with Crippen LogP contribution in [-0.2, 0) is 4.74 Å². The molecular formula is C18H29NO2. The second-order valence-electron chi connectivity index (χ2n) is 5.94. The van der Waals surface area contributed by atoms with Crippen molar-refractivity contribution in [2.45, 2.75) is 45.1 Å². The fraction of sp³-hybridized carbons (Fsp3) is 0.667. The molecule has 1 aromatic rings. The maximum absolute atomic E-state index is 6.01. The third-order valence-electron chi connectivity index (χ3n) is 4.27.